The van der Waals surface area contributed by atoms with Crippen molar-refractivity contribution in [3.05, 3.63) is 47.8 Å². The van der Waals surface area contributed by atoms with Crippen LogP contribution in [-0.2, 0) is 10.0 Å². The Morgan fingerprint density at radius 3 is 2.43 bits per heavy atom. The molecule has 28 heavy (non-hydrogen) atoms. The fourth-order valence-corrected chi connectivity index (χ4v) is 4.62. The van der Waals surface area contributed by atoms with Gasteiger partial charge in [-0.1, -0.05) is 0 Å². The molecule has 0 bridgehead atoms. The lowest BCUT2D eigenvalue weighted by Crippen LogP contribution is -2.29. The molecule has 0 aliphatic carbocycles. The van der Waals surface area contributed by atoms with Crippen LogP contribution in [0.3, 0.4) is 0 Å². The van der Waals surface area contributed by atoms with Crippen LogP contribution < -0.4 is 14.8 Å². The number of halogens is 1. The van der Waals surface area contributed by atoms with Crippen molar-refractivity contribution >= 4 is 21.6 Å². The second-order valence-corrected chi connectivity index (χ2v) is 8.18. The molecule has 1 fully saturated rings. The smallest absolute Gasteiger partial charge is 0.255 e. The van der Waals surface area contributed by atoms with Gasteiger partial charge in [0.15, 0.2) is 0 Å². The molecule has 150 valence electrons. The molecule has 0 aromatic heterocycles. The molecular formula is C19H21FN2O5S. The van der Waals surface area contributed by atoms with Gasteiger partial charge in [0.05, 0.1) is 19.9 Å². The maximum atomic E-state index is 14.3. The molecule has 9 heteroatoms. The average molecular weight is 408 g/mol. The standard InChI is InChI=1S/C19H21FN2O5S/c1-26-14-6-8-17(27-2)16(12-14)21-19(23)13-5-7-15(20)18(11-13)28(24,25)22-9-3-4-10-22/h5-8,11-12H,3-4,9-10H2,1-2H3,(H,21,23). The van der Waals surface area contributed by atoms with Crippen molar-refractivity contribution < 1.29 is 27.1 Å². The highest BCUT2D eigenvalue weighted by Crippen LogP contribution is 2.30. The summed E-state index contributed by atoms with van der Waals surface area (Å²) in [4.78, 5) is 12.2. The van der Waals surface area contributed by atoms with Crippen LogP contribution in [0.4, 0.5) is 10.1 Å². The monoisotopic (exact) mass is 408 g/mol. The number of carbonyl (C=O) groups excluding carboxylic acids is 1. The van der Waals surface area contributed by atoms with Crippen molar-refractivity contribution in [3.63, 3.8) is 0 Å². The third-order valence-corrected chi connectivity index (χ3v) is 6.44. The van der Waals surface area contributed by atoms with Gasteiger partial charge in [-0.05, 0) is 43.2 Å². The molecule has 1 aliphatic heterocycles. The largest absolute Gasteiger partial charge is 0.497 e. The van der Waals surface area contributed by atoms with E-state index < -0.39 is 26.6 Å². The van der Waals surface area contributed by atoms with E-state index in [0.29, 0.717) is 30.3 Å². The predicted octanol–water partition coefficient (Wildman–Crippen LogP) is 2.88. The Bertz CT molecular complexity index is 988. The number of hydrogen-bond acceptors (Lipinski definition) is 5. The van der Waals surface area contributed by atoms with E-state index in [2.05, 4.69) is 5.32 Å². The zero-order valence-electron chi connectivity index (χ0n) is 15.6. The van der Waals surface area contributed by atoms with Gasteiger partial charge in [0.25, 0.3) is 5.91 Å². The van der Waals surface area contributed by atoms with E-state index in [-0.39, 0.29) is 5.56 Å². The van der Waals surface area contributed by atoms with Crippen LogP contribution in [0.15, 0.2) is 41.3 Å². The summed E-state index contributed by atoms with van der Waals surface area (Å²) in [6.07, 6.45) is 1.47. The fourth-order valence-electron chi connectivity index (χ4n) is 3.02. The first-order valence-corrected chi connectivity index (χ1v) is 10.1. The number of benzene rings is 2. The van der Waals surface area contributed by atoms with E-state index in [1.807, 2.05) is 0 Å². The third-order valence-electron chi connectivity index (χ3n) is 4.53. The van der Waals surface area contributed by atoms with Crippen molar-refractivity contribution in [1.82, 2.24) is 4.31 Å². The van der Waals surface area contributed by atoms with Crippen LogP contribution in [0.1, 0.15) is 23.2 Å². The molecule has 1 saturated heterocycles. The first-order chi connectivity index (χ1) is 13.4. The Morgan fingerprint density at radius 1 is 1.07 bits per heavy atom. The van der Waals surface area contributed by atoms with Crippen LogP contribution in [0.5, 0.6) is 11.5 Å². The molecule has 1 amide bonds. The van der Waals surface area contributed by atoms with E-state index in [0.717, 1.165) is 25.0 Å². The number of hydrogen-bond donors (Lipinski definition) is 1. The summed E-state index contributed by atoms with van der Waals surface area (Å²) in [5.74, 6) is -0.569. The third kappa shape index (κ3) is 3.95. The van der Waals surface area contributed by atoms with Crippen molar-refractivity contribution in [1.29, 1.82) is 0 Å². The predicted molar refractivity (Wildman–Crippen MR) is 102 cm³/mol. The van der Waals surface area contributed by atoms with Crippen LogP contribution >= 0.6 is 0 Å². The second-order valence-electron chi connectivity index (χ2n) is 6.28. The lowest BCUT2D eigenvalue weighted by Gasteiger charge is -2.17. The summed E-state index contributed by atoms with van der Waals surface area (Å²) < 4.78 is 51.2. The summed E-state index contributed by atoms with van der Waals surface area (Å²) in [6.45, 7) is 0.693. The average Bonchev–Trinajstić information content (AvgIpc) is 3.23. The molecule has 0 unspecified atom stereocenters. The molecule has 0 atom stereocenters. The highest BCUT2D eigenvalue weighted by atomic mass is 32.2. The molecule has 2 aromatic carbocycles. The number of rotatable bonds is 6. The van der Waals surface area contributed by atoms with Gasteiger partial charge in [0.2, 0.25) is 10.0 Å². The normalized spacial score (nSPS) is 14.7. The number of nitrogens with zero attached hydrogens (tertiary/aromatic N) is 1. The minimum absolute atomic E-state index is 0.0176. The first-order valence-electron chi connectivity index (χ1n) is 8.70. The second kappa shape index (κ2) is 8.15. The van der Waals surface area contributed by atoms with Crippen LogP contribution in [0.2, 0.25) is 0 Å². The number of anilines is 1. The van der Waals surface area contributed by atoms with E-state index in [1.54, 1.807) is 18.2 Å². The number of carbonyl (C=O) groups is 1. The molecule has 1 aliphatic rings. The summed E-state index contributed by atoms with van der Waals surface area (Å²) >= 11 is 0. The molecule has 1 N–H and O–H groups in total. The maximum absolute atomic E-state index is 14.3. The van der Waals surface area contributed by atoms with Gasteiger partial charge in [-0.2, -0.15) is 4.31 Å². The van der Waals surface area contributed by atoms with Crippen LogP contribution in [-0.4, -0.2) is 45.9 Å². The summed E-state index contributed by atoms with van der Waals surface area (Å²) in [5.41, 5.74) is 0.365. The zero-order valence-corrected chi connectivity index (χ0v) is 16.4. The van der Waals surface area contributed by atoms with Gasteiger partial charge < -0.3 is 14.8 Å². The lowest BCUT2D eigenvalue weighted by atomic mass is 10.2. The SMILES string of the molecule is COc1ccc(OC)c(NC(=O)c2ccc(F)c(S(=O)(=O)N3CCCC3)c2)c1. The van der Waals surface area contributed by atoms with Crippen LogP contribution in [0.25, 0.3) is 0 Å². The number of sulfonamides is 1. The van der Waals surface area contributed by atoms with Crippen molar-refractivity contribution in [2.45, 2.75) is 17.7 Å². The topological polar surface area (TPSA) is 84.9 Å². The van der Waals surface area contributed by atoms with Gasteiger partial charge in [-0.15, -0.1) is 0 Å². The van der Waals surface area contributed by atoms with Gasteiger partial charge in [-0.25, -0.2) is 12.8 Å². The summed E-state index contributed by atoms with van der Waals surface area (Å²) in [5, 5.41) is 2.65. The summed E-state index contributed by atoms with van der Waals surface area (Å²) in [7, 11) is -1.04. The number of ether oxygens (including phenoxy) is 2. The Kier molecular flexibility index (Phi) is 5.85. The van der Waals surface area contributed by atoms with Gasteiger partial charge in [0.1, 0.15) is 22.2 Å². The summed E-state index contributed by atoms with van der Waals surface area (Å²) in [6, 6.07) is 8.16. The van der Waals surface area contributed by atoms with Gasteiger partial charge in [0, 0.05) is 24.7 Å². The molecule has 0 spiro atoms. The molecule has 2 aromatic rings. The quantitative estimate of drug-likeness (QED) is 0.795. The molecule has 1 heterocycles. The van der Waals surface area contributed by atoms with Crippen LogP contribution in [0, 0.1) is 5.82 Å². The number of nitrogens with one attached hydrogen (secondary N) is 1. The van der Waals surface area contributed by atoms with Crippen molar-refractivity contribution in [3.8, 4) is 11.5 Å². The van der Waals surface area contributed by atoms with Gasteiger partial charge >= 0.3 is 0 Å². The first kappa shape index (κ1) is 20.1. The van der Waals surface area contributed by atoms with Crippen molar-refractivity contribution in [2.75, 3.05) is 32.6 Å². The highest BCUT2D eigenvalue weighted by molar-refractivity contribution is 7.89. The highest BCUT2D eigenvalue weighted by Gasteiger charge is 2.30. The van der Waals surface area contributed by atoms with Gasteiger partial charge in [-0.3, -0.25) is 4.79 Å². The van der Waals surface area contributed by atoms with E-state index >= 15 is 0 Å². The zero-order chi connectivity index (χ0) is 20.3. The van der Waals surface area contributed by atoms with Crippen molar-refractivity contribution in [2.24, 2.45) is 0 Å². The molecule has 7 nitrogen and oxygen atoms in total. The minimum atomic E-state index is -3.99. The Hall–Kier alpha value is -2.65. The Morgan fingerprint density at radius 2 is 1.79 bits per heavy atom. The molecule has 0 radical (unpaired) electrons. The number of methoxy groups -OCH3 is 2. The minimum Gasteiger partial charge on any atom is -0.497 e. The Balaban J connectivity index is 1.91. The maximum Gasteiger partial charge on any atom is 0.255 e. The fraction of sp³-hybridized carbons (Fsp3) is 0.316. The molecule has 0 saturated carbocycles. The van der Waals surface area contributed by atoms with E-state index in [9.17, 15) is 17.6 Å². The molecule has 3 rings (SSSR count). The number of amides is 1. The van der Waals surface area contributed by atoms with E-state index in [1.165, 1.54) is 24.6 Å². The molecular weight excluding hydrogens is 387 g/mol. The lowest BCUT2D eigenvalue weighted by molar-refractivity contribution is 0.102. The van der Waals surface area contributed by atoms with E-state index in [4.69, 9.17) is 9.47 Å². The Labute approximate surface area is 163 Å².